The highest BCUT2D eigenvalue weighted by molar-refractivity contribution is 5.40. The van der Waals surface area contributed by atoms with E-state index in [0.717, 1.165) is 17.1 Å². The second-order valence-corrected chi connectivity index (χ2v) is 4.61. The molecule has 0 saturated carbocycles. The first-order valence-electron chi connectivity index (χ1n) is 5.63. The Morgan fingerprint density at radius 3 is 2.59 bits per heavy atom. The molecule has 0 unspecified atom stereocenters. The summed E-state index contributed by atoms with van der Waals surface area (Å²) in [5.74, 6) is 1.48. The first kappa shape index (κ1) is 13.8. The summed E-state index contributed by atoms with van der Waals surface area (Å²) in [5.41, 5.74) is 0.192. The first-order chi connectivity index (χ1) is 7.96. The lowest BCUT2D eigenvalue weighted by Crippen LogP contribution is -2.28. The fourth-order valence-corrected chi connectivity index (χ4v) is 1.39. The molecule has 0 fully saturated rings. The molecule has 0 saturated heterocycles. The minimum absolute atomic E-state index is 0.247. The zero-order valence-corrected chi connectivity index (χ0v) is 10.9. The zero-order valence-electron chi connectivity index (χ0n) is 10.9. The molecule has 96 valence electrons. The molecule has 4 heteroatoms. The maximum Gasteiger partial charge on any atom is 0.127 e. The van der Waals surface area contributed by atoms with Crippen LogP contribution in [0.15, 0.2) is 18.2 Å². The number of nitrogens with one attached hydrogen (secondary N) is 1. The smallest absolute Gasteiger partial charge is 0.127 e. The molecule has 4 nitrogen and oxygen atoms in total. The maximum absolute atomic E-state index is 9.65. The number of ether oxygens (including phenoxy) is 2. The molecule has 0 aromatic heterocycles. The van der Waals surface area contributed by atoms with Gasteiger partial charge >= 0.3 is 0 Å². The summed E-state index contributed by atoms with van der Waals surface area (Å²) in [5, 5.41) is 12.7. The van der Waals surface area contributed by atoms with Crippen LogP contribution < -0.4 is 14.8 Å². The van der Waals surface area contributed by atoms with Crippen molar-refractivity contribution in [3.05, 3.63) is 23.8 Å². The molecule has 0 aliphatic heterocycles. The van der Waals surface area contributed by atoms with Crippen LogP contribution in [0, 0.1) is 0 Å². The van der Waals surface area contributed by atoms with Crippen molar-refractivity contribution in [3.63, 3.8) is 0 Å². The summed E-state index contributed by atoms with van der Waals surface area (Å²) >= 11 is 0. The van der Waals surface area contributed by atoms with Gasteiger partial charge in [0.15, 0.2) is 0 Å². The van der Waals surface area contributed by atoms with E-state index in [0.29, 0.717) is 6.54 Å². The van der Waals surface area contributed by atoms with Crippen LogP contribution in [0.4, 0.5) is 0 Å². The highest BCUT2D eigenvalue weighted by Crippen LogP contribution is 2.25. The van der Waals surface area contributed by atoms with Gasteiger partial charge in [-0.05, 0) is 27.0 Å². The molecule has 0 spiro atoms. The Labute approximate surface area is 103 Å². The van der Waals surface area contributed by atoms with Gasteiger partial charge in [0, 0.05) is 18.2 Å². The Bertz CT molecular complexity index is 358. The monoisotopic (exact) mass is 239 g/mol. The molecule has 1 aromatic rings. The van der Waals surface area contributed by atoms with E-state index in [1.165, 1.54) is 0 Å². The second kappa shape index (κ2) is 5.89. The van der Waals surface area contributed by atoms with Crippen LogP contribution in [0.1, 0.15) is 19.4 Å². The predicted octanol–water partition coefficient (Wildman–Crippen LogP) is 1.56. The first-order valence-corrected chi connectivity index (χ1v) is 5.63. The Balaban J connectivity index is 2.85. The Hall–Kier alpha value is -1.26. The van der Waals surface area contributed by atoms with Gasteiger partial charge in [0.05, 0.1) is 12.7 Å². The van der Waals surface area contributed by atoms with Crippen LogP contribution in [0.5, 0.6) is 11.5 Å². The summed E-state index contributed by atoms with van der Waals surface area (Å²) in [6, 6.07) is 5.68. The van der Waals surface area contributed by atoms with E-state index in [9.17, 15) is 5.11 Å². The number of benzene rings is 1. The zero-order chi connectivity index (χ0) is 12.9. The lowest BCUT2D eigenvalue weighted by molar-refractivity contribution is 0.0280. The molecule has 17 heavy (non-hydrogen) atoms. The van der Waals surface area contributed by atoms with Gasteiger partial charge < -0.3 is 19.9 Å². The molecule has 0 heterocycles. The molecule has 0 amide bonds. The quantitative estimate of drug-likeness (QED) is 0.791. The van der Waals surface area contributed by atoms with Gasteiger partial charge in [-0.1, -0.05) is 6.07 Å². The third kappa shape index (κ3) is 4.63. The summed E-state index contributed by atoms with van der Waals surface area (Å²) < 4.78 is 10.8. The summed E-state index contributed by atoms with van der Waals surface area (Å²) in [4.78, 5) is 0. The molecule has 0 atom stereocenters. The van der Waals surface area contributed by atoms with E-state index in [4.69, 9.17) is 9.47 Å². The van der Waals surface area contributed by atoms with Crippen LogP contribution in [-0.2, 0) is 6.54 Å². The standard InChI is InChI=1S/C13H21NO3/c1-13(2,15)9-17-12-7-11(16-4)6-5-10(12)8-14-3/h5-7,14-15H,8-9H2,1-4H3. The number of hydrogen-bond acceptors (Lipinski definition) is 4. The molecule has 2 N–H and O–H groups in total. The number of hydrogen-bond donors (Lipinski definition) is 2. The van der Waals surface area contributed by atoms with Crippen molar-refractivity contribution in [2.75, 3.05) is 20.8 Å². The van der Waals surface area contributed by atoms with Crippen molar-refractivity contribution in [1.29, 1.82) is 0 Å². The van der Waals surface area contributed by atoms with Crippen molar-refractivity contribution in [2.45, 2.75) is 26.0 Å². The highest BCUT2D eigenvalue weighted by Gasteiger charge is 2.15. The van der Waals surface area contributed by atoms with Crippen LogP contribution in [-0.4, -0.2) is 31.5 Å². The van der Waals surface area contributed by atoms with Crippen LogP contribution in [0.25, 0.3) is 0 Å². The topological polar surface area (TPSA) is 50.7 Å². The van der Waals surface area contributed by atoms with Gasteiger partial charge in [0.2, 0.25) is 0 Å². The Morgan fingerprint density at radius 1 is 1.35 bits per heavy atom. The Kier molecular flexibility index (Phi) is 4.78. The van der Waals surface area contributed by atoms with Gasteiger partial charge in [-0.25, -0.2) is 0 Å². The maximum atomic E-state index is 9.65. The third-order valence-corrected chi connectivity index (χ3v) is 2.22. The second-order valence-electron chi connectivity index (χ2n) is 4.61. The largest absolute Gasteiger partial charge is 0.497 e. The van der Waals surface area contributed by atoms with Crippen molar-refractivity contribution in [2.24, 2.45) is 0 Å². The minimum atomic E-state index is -0.847. The molecule has 0 aliphatic carbocycles. The minimum Gasteiger partial charge on any atom is -0.497 e. The van der Waals surface area contributed by atoms with E-state index in [1.807, 2.05) is 25.2 Å². The lowest BCUT2D eigenvalue weighted by atomic mass is 10.1. The Morgan fingerprint density at radius 2 is 2.06 bits per heavy atom. The van der Waals surface area contributed by atoms with Crippen molar-refractivity contribution in [1.82, 2.24) is 5.32 Å². The molecule has 0 aliphatic rings. The van der Waals surface area contributed by atoms with Crippen molar-refractivity contribution >= 4 is 0 Å². The molecule has 0 radical (unpaired) electrons. The highest BCUT2D eigenvalue weighted by atomic mass is 16.5. The van der Waals surface area contributed by atoms with Gasteiger partial charge in [-0.3, -0.25) is 0 Å². The third-order valence-electron chi connectivity index (χ3n) is 2.22. The fourth-order valence-electron chi connectivity index (χ4n) is 1.39. The average molecular weight is 239 g/mol. The average Bonchev–Trinajstić information content (AvgIpc) is 2.27. The summed E-state index contributed by atoms with van der Waals surface area (Å²) in [6.45, 7) is 4.39. The number of rotatable bonds is 6. The van der Waals surface area contributed by atoms with Gasteiger partial charge in [0.1, 0.15) is 18.1 Å². The lowest BCUT2D eigenvalue weighted by Gasteiger charge is -2.20. The molecular weight excluding hydrogens is 218 g/mol. The van der Waals surface area contributed by atoms with Gasteiger partial charge in [-0.15, -0.1) is 0 Å². The SMILES string of the molecule is CNCc1ccc(OC)cc1OCC(C)(C)O. The molecule has 1 rings (SSSR count). The fraction of sp³-hybridized carbons (Fsp3) is 0.538. The van der Waals surface area contributed by atoms with E-state index >= 15 is 0 Å². The van der Waals surface area contributed by atoms with E-state index in [1.54, 1.807) is 21.0 Å². The number of aliphatic hydroxyl groups is 1. The van der Waals surface area contributed by atoms with Crippen LogP contribution in [0.2, 0.25) is 0 Å². The van der Waals surface area contributed by atoms with E-state index < -0.39 is 5.60 Å². The van der Waals surface area contributed by atoms with E-state index in [2.05, 4.69) is 5.32 Å². The van der Waals surface area contributed by atoms with Crippen molar-refractivity contribution < 1.29 is 14.6 Å². The predicted molar refractivity (Wildman–Crippen MR) is 67.6 cm³/mol. The van der Waals surface area contributed by atoms with Crippen LogP contribution >= 0.6 is 0 Å². The number of methoxy groups -OCH3 is 1. The molecule has 0 bridgehead atoms. The van der Waals surface area contributed by atoms with Gasteiger partial charge in [0.25, 0.3) is 0 Å². The summed E-state index contributed by atoms with van der Waals surface area (Å²) in [6.07, 6.45) is 0. The van der Waals surface area contributed by atoms with Crippen molar-refractivity contribution in [3.8, 4) is 11.5 Å². The molecular formula is C13H21NO3. The molecule has 1 aromatic carbocycles. The van der Waals surface area contributed by atoms with Crippen LogP contribution in [0.3, 0.4) is 0 Å². The normalized spacial score (nSPS) is 11.4. The van der Waals surface area contributed by atoms with Gasteiger partial charge in [-0.2, -0.15) is 0 Å². The summed E-state index contributed by atoms with van der Waals surface area (Å²) in [7, 11) is 3.50. The van der Waals surface area contributed by atoms with E-state index in [-0.39, 0.29) is 6.61 Å².